The van der Waals surface area contributed by atoms with Crippen LogP contribution >= 0.6 is 0 Å². The lowest BCUT2D eigenvalue weighted by Crippen LogP contribution is -2.43. The summed E-state index contributed by atoms with van der Waals surface area (Å²) in [5.41, 5.74) is 0. The third-order valence-corrected chi connectivity index (χ3v) is 5.16. The fourth-order valence-electron chi connectivity index (χ4n) is 3.72. The summed E-state index contributed by atoms with van der Waals surface area (Å²) >= 11 is 0. The molecule has 0 aromatic carbocycles. The highest BCUT2D eigenvalue weighted by atomic mass is 16.5. The largest absolute Gasteiger partial charge is 0.381 e. The fraction of sp³-hybridized carbons (Fsp3) is 0.833. The molecule has 1 atom stereocenters. The van der Waals surface area contributed by atoms with E-state index in [1.165, 1.54) is 6.42 Å². The molecule has 0 spiro atoms. The number of nitrogens with zero attached hydrogens (tertiary/aromatic N) is 3. The molecular formula is C18H32N4O2. The summed E-state index contributed by atoms with van der Waals surface area (Å²) in [7, 11) is 1.88. The molecule has 0 bridgehead atoms. The van der Waals surface area contributed by atoms with Crippen LogP contribution in [0.15, 0.2) is 17.1 Å². The second-order valence-electron chi connectivity index (χ2n) is 6.82. The molecule has 2 saturated heterocycles. The molecule has 6 nitrogen and oxygen atoms in total. The van der Waals surface area contributed by atoms with Crippen molar-refractivity contribution in [3.05, 3.63) is 12.2 Å². The first-order chi connectivity index (χ1) is 11.9. The van der Waals surface area contributed by atoms with E-state index in [0.717, 1.165) is 77.8 Å². The van der Waals surface area contributed by atoms with Gasteiger partial charge in [-0.3, -0.25) is 9.89 Å². The van der Waals surface area contributed by atoms with Crippen molar-refractivity contribution in [1.29, 1.82) is 0 Å². The van der Waals surface area contributed by atoms with Crippen LogP contribution in [0.3, 0.4) is 0 Å². The Morgan fingerprint density at radius 3 is 2.79 bits per heavy atom. The summed E-state index contributed by atoms with van der Waals surface area (Å²) < 4.78 is 11.3. The molecule has 3 heterocycles. The molecule has 2 fully saturated rings. The minimum Gasteiger partial charge on any atom is -0.381 e. The Bertz CT molecular complexity index is 427. The molecule has 0 amide bonds. The Morgan fingerprint density at radius 1 is 1.25 bits per heavy atom. The van der Waals surface area contributed by atoms with E-state index in [-0.39, 0.29) is 0 Å². The molecule has 3 aliphatic heterocycles. The lowest BCUT2D eigenvalue weighted by molar-refractivity contribution is -0.0320. The third kappa shape index (κ3) is 4.94. The number of guanidine groups is 1. The monoisotopic (exact) mass is 336 g/mol. The van der Waals surface area contributed by atoms with Gasteiger partial charge >= 0.3 is 0 Å². The van der Waals surface area contributed by atoms with Gasteiger partial charge in [-0.25, -0.2) is 0 Å². The fourth-order valence-corrected chi connectivity index (χ4v) is 3.72. The predicted octanol–water partition coefficient (Wildman–Crippen LogP) is 1.09. The molecule has 0 radical (unpaired) electrons. The zero-order chi connectivity index (χ0) is 16.6. The van der Waals surface area contributed by atoms with Crippen LogP contribution in [0.1, 0.15) is 25.7 Å². The molecule has 24 heavy (non-hydrogen) atoms. The van der Waals surface area contributed by atoms with Gasteiger partial charge in [0.25, 0.3) is 0 Å². The minimum absolute atomic E-state index is 0.395. The van der Waals surface area contributed by atoms with Gasteiger partial charge in [-0.05, 0) is 25.7 Å². The van der Waals surface area contributed by atoms with E-state index in [9.17, 15) is 0 Å². The number of likely N-dealkylation sites (tertiary alicyclic amines) is 1. The molecule has 0 aliphatic carbocycles. The second kappa shape index (κ2) is 9.39. The molecule has 136 valence electrons. The number of aliphatic imine (C=N–C) groups is 1. The van der Waals surface area contributed by atoms with E-state index in [1.807, 2.05) is 7.05 Å². The van der Waals surface area contributed by atoms with E-state index >= 15 is 0 Å². The van der Waals surface area contributed by atoms with Crippen LogP contribution in [0, 0.1) is 0 Å². The van der Waals surface area contributed by atoms with Gasteiger partial charge in [0.05, 0.1) is 6.10 Å². The van der Waals surface area contributed by atoms with Gasteiger partial charge in [-0.15, -0.1) is 0 Å². The van der Waals surface area contributed by atoms with Gasteiger partial charge in [0.2, 0.25) is 0 Å². The zero-order valence-corrected chi connectivity index (χ0v) is 15.0. The van der Waals surface area contributed by atoms with Gasteiger partial charge < -0.3 is 19.7 Å². The van der Waals surface area contributed by atoms with Crippen molar-refractivity contribution in [2.24, 2.45) is 4.99 Å². The maximum atomic E-state index is 5.92. The van der Waals surface area contributed by atoms with Gasteiger partial charge in [-0.1, -0.05) is 12.2 Å². The Kier molecular flexibility index (Phi) is 6.93. The van der Waals surface area contributed by atoms with Crippen molar-refractivity contribution in [1.82, 2.24) is 15.1 Å². The molecule has 0 aromatic heterocycles. The van der Waals surface area contributed by atoms with E-state index in [4.69, 9.17) is 9.47 Å². The normalized spacial score (nSPS) is 26.5. The standard InChI is InChI=1S/C18H32N4O2/c1-19-18(20-8-4-12-24-17-6-13-23-14-7-17)22-11-5-16(15-22)21-9-2-3-10-21/h2-3,16-17H,4-15H2,1H3,(H,19,20). The summed E-state index contributed by atoms with van der Waals surface area (Å²) in [4.78, 5) is 9.40. The Labute approximate surface area is 145 Å². The van der Waals surface area contributed by atoms with Crippen LogP contribution in [0.4, 0.5) is 0 Å². The second-order valence-corrected chi connectivity index (χ2v) is 6.82. The first-order valence-corrected chi connectivity index (χ1v) is 9.41. The average molecular weight is 336 g/mol. The van der Waals surface area contributed by atoms with Gasteiger partial charge in [0.1, 0.15) is 0 Å². The van der Waals surface area contributed by atoms with Crippen molar-refractivity contribution < 1.29 is 9.47 Å². The van der Waals surface area contributed by atoms with Crippen molar-refractivity contribution in [3.63, 3.8) is 0 Å². The third-order valence-electron chi connectivity index (χ3n) is 5.16. The maximum Gasteiger partial charge on any atom is 0.193 e. The highest BCUT2D eigenvalue weighted by molar-refractivity contribution is 5.80. The quantitative estimate of drug-likeness (QED) is 0.341. The highest BCUT2D eigenvalue weighted by Crippen LogP contribution is 2.17. The summed E-state index contributed by atoms with van der Waals surface area (Å²) in [6.45, 7) is 7.82. The molecular weight excluding hydrogens is 304 g/mol. The highest BCUT2D eigenvalue weighted by Gasteiger charge is 2.29. The molecule has 0 aromatic rings. The Hall–Kier alpha value is -1.11. The number of nitrogens with one attached hydrogen (secondary N) is 1. The van der Waals surface area contributed by atoms with Crippen LogP contribution in [0.2, 0.25) is 0 Å². The molecule has 0 saturated carbocycles. The van der Waals surface area contributed by atoms with Crippen LogP contribution in [0.25, 0.3) is 0 Å². The summed E-state index contributed by atoms with van der Waals surface area (Å²) in [5.74, 6) is 1.04. The van der Waals surface area contributed by atoms with Crippen molar-refractivity contribution in [2.75, 3.05) is 59.6 Å². The molecule has 3 aliphatic rings. The summed E-state index contributed by atoms with van der Waals surface area (Å²) in [6, 6.07) is 0.662. The molecule has 6 heteroatoms. The zero-order valence-electron chi connectivity index (χ0n) is 15.0. The number of rotatable bonds is 6. The van der Waals surface area contributed by atoms with Crippen molar-refractivity contribution >= 4 is 5.96 Å². The summed E-state index contributed by atoms with van der Waals surface area (Å²) in [5, 5.41) is 3.50. The topological polar surface area (TPSA) is 49.3 Å². The summed E-state index contributed by atoms with van der Waals surface area (Å²) in [6.07, 6.45) is 9.26. The molecule has 1 N–H and O–H groups in total. The average Bonchev–Trinajstić information content (AvgIpc) is 3.30. The van der Waals surface area contributed by atoms with Crippen LogP contribution < -0.4 is 5.32 Å². The SMILES string of the molecule is CN=C(NCCCOC1CCOCC1)N1CCC(N2CC=CC2)C1. The first kappa shape index (κ1) is 17.7. The van der Waals surface area contributed by atoms with Gasteiger partial charge in [-0.2, -0.15) is 0 Å². The minimum atomic E-state index is 0.395. The smallest absolute Gasteiger partial charge is 0.193 e. The van der Waals surface area contributed by atoms with E-state index in [2.05, 4.69) is 32.3 Å². The van der Waals surface area contributed by atoms with E-state index in [1.54, 1.807) is 0 Å². The van der Waals surface area contributed by atoms with Crippen LogP contribution in [0.5, 0.6) is 0 Å². The van der Waals surface area contributed by atoms with Crippen LogP contribution in [-0.2, 0) is 9.47 Å². The van der Waals surface area contributed by atoms with Gasteiger partial charge in [0.15, 0.2) is 5.96 Å². The number of ether oxygens (including phenoxy) is 2. The van der Waals surface area contributed by atoms with Crippen molar-refractivity contribution in [3.8, 4) is 0 Å². The van der Waals surface area contributed by atoms with Crippen LogP contribution in [-0.4, -0.2) is 87.5 Å². The number of hydrogen-bond donors (Lipinski definition) is 1. The predicted molar refractivity (Wildman–Crippen MR) is 96.5 cm³/mol. The van der Waals surface area contributed by atoms with Gasteiger partial charge in [0, 0.05) is 65.6 Å². The van der Waals surface area contributed by atoms with E-state index < -0.39 is 0 Å². The molecule has 1 unspecified atom stereocenters. The first-order valence-electron chi connectivity index (χ1n) is 9.41. The molecule has 3 rings (SSSR count). The Balaban J connectivity index is 1.30. The number of hydrogen-bond acceptors (Lipinski definition) is 4. The van der Waals surface area contributed by atoms with Crippen molar-refractivity contribution in [2.45, 2.75) is 37.8 Å². The maximum absolute atomic E-state index is 5.92. The lowest BCUT2D eigenvalue weighted by Gasteiger charge is -2.25. The van der Waals surface area contributed by atoms with E-state index in [0.29, 0.717) is 12.1 Å². The lowest BCUT2D eigenvalue weighted by atomic mass is 10.1. The Morgan fingerprint density at radius 2 is 2.04 bits per heavy atom.